The van der Waals surface area contributed by atoms with Gasteiger partial charge in [0.05, 0.1) is 11.4 Å². The first-order chi connectivity index (χ1) is 10.2. The van der Waals surface area contributed by atoms with Gasteiger partial charge in [0, 0.05) is 5.56 Å². The van der Waals surface area contributed by atoms with Crippen LogP contribution in [0.2, 0.25) is 0 Å². The van der Waals surface area contributed by atoms with Gasteiger partial charge >= 0.3 is 0 Å². The molecule has 0 aliphatic rings. The molecule has 22 heavy (non-hydrogen) atoms. The fraction of sp³-hybridized carbons (Fsp3) is 0.438. The highest BCUT2D eigenvalue weighted by Gasteiger charge is 2.15. The topological polar surface area (TPSA) is 72.5 Å². The minimum absolute atomic E-state index is 0.0354. The molecule has 0 fully saturated rings. The number of sulfonamides is 1. The van der Waals surface area contributed by atoms with Crippen molar-refractivity contribution in [1.29, 1.82) is 0 Å². The number of carbonyl (C=O) groups excluding carboxylic acids is 1. The first-order valence-electron chi connectivity index (χ1n) is 7.18. The van der Waals surface area contributed by atoms with Gasteiger partial charge in [0.2, 0.25) is 10.0 Å². The summed E-state index contributed by atoms with van der Waals surface area (Å²) in [5, 5.41) is 0. The van der Waals surface area contributed by atoms with Gasteiger partial charge in [-0.25, -0.2) is 8.42 Å². The molecule has 0 spiro atoms. The molecule has 1 aromatic carbocycles. The number of benzene rings is 1. The van der Waals surface area contributed by atoms with E-state index in [-0.39, 0.29) is 23.8 Å². The van der Waals surface area contributed by atoms with E-state index in [2.05, 4.69) is 11.3 Å². The van der Waals surface area contributed by atoms with Crippen LogP contribution in [0.5, 0.6) is 5.75 Å². The molecule has 0 aliphatic heterocycles. The van der Waals surface area contributed by atoms with Gasteiger partial charge in [0.1, 0.15) is 12.4 Å². The number of anilines is 1. The van der Waals surface area contributed by atoms with Crippen LogP contribution in [-0.4, -0.2) is 26.6 Å². The molecule has 0 unspecified atom stereocenters. The third kappa shape index (κ3) is 5.89. The molecule has 1 N–H and O–H groups in total. The molecule has 0 aliphatic carbocycles. The van der Waals surface area contributed by atoms with Crippen LogP contribution in [0.25, 0.3) is 0 Å². The number of hydrogen-bond donors (Lipinski definition) is 1. The molecule has 0 atom stereocenters. The first-order valence-corrected chi connectivity index (χ1v) is 8.83. The maximum absolute atomic E-state index is 12.1. The van der Waals surface area contributed by atoms with Gasteiger partial charge < -0.3 is 4.74 Å². The van der Waals surface area contributed by atoms with Gasteiger partial charge in [-0.2, -0.15) is 0 Å². The molecule has 0 amide bonds. The first kappa shape index (κ1) is 18.2. The van der Waals surface area contributed by atoms with Gasteiger partial charge in [-0.05, 0) is 44.0 Å². The van der Waals surface area contributed by atoms with Crippen LogP contribution in [0.15, 0.2) is 30.4 Å². The number of unbranched alkanes of at least 4 members (excludes halogenated alkanes) is 1. The molecule has 5 nitrogen and oxygen atoms in total. The van der Waals surface area contributed by atoms with E-state index in [1.54, 1.807) is 12.1 Å². The van der Waals surface area contributed by atoms with Crippen LogP contribution in [0.1, 0.15) is 44.0 Å². The zero-order valence-corrected chi connectivity index (χ0v) is 14.1. The molecule has 122 valence electrons. The maximum atomic E-state index is 12.1. The van der Waals surface area contributed by atoms with Crippen LogP contribution in [0.3, 0.4) is 0 Å². The second kappa shape index (κ2) is 7.98. The van der Waals surface area contributed by atoms with Gasteiger partial charge in [0.25, 0.3) is 0 Å². The Hall–Kier alpha value is -1.82. The average Bonchev–Trinajstić information content (AvgIpc) is 2.43. The summed E-state index contributed by atoms with van der Waals surface area (Å²) in [5.41, 5.74) is 1.52. The molecule has 0 saturated heterocycles. The average molecular weight is 325 g/mol. The van der Waals surface area contributed by atoms with Crippen molar-refractivity contribution in [2.45, 2.75) is 33.6 Å². The highest BCUT2D eigenvalue weighted by Crippen LogP contribution is 2.27. The molecule has 0 radical (unpaired) electrons. The van der Waals surface area contributed by atoms with Crippen molar-refractivity contribution in [2.24, 2.45) is 0 Å². The maximum Gasteiger partial charge on any atom is 0.232 e. The van der Waals surface area contributed by atoms with E-state index in [9.17, 15) is 13.2 Å². The van der Waals surface area contributed by atoms with Crippen molar-refractivity contribution in [3.8, 4) is 5.75 Å². The van der Waals surface area contributed by atoms with Crippen molar-refractivity contribution in [1.82, 2.24) is 0 Å². The van der Waals surface area contributed by atoms with Crippen LogP contribution >= 0.6 is 0 Å². The normalized spacial score (nSPS) is 11.0. The summed E-state index contributed by atoms with van der Waals surface area (Å²) in [4.78, 5) is 11.5. The summed E-state index contributed by atoms with van der Waals surface area (Å²) < 4.78 is 32.2. The molecule has 6 heteroatoms. The van der Waals surface area contributed by atoms with Crippen LogP contribution in [0, 0.1) is 0 Å². The lowest BCUT2D eigenvalue weighted by Crippen LogP contribution is -2.17. The van der Waals surface area contributed by atoms with Crippen molar-refractivity contribution >= 4 is 21.5 Å². The van der Waals surface area contributed by atoms with E-state index in [4.69, 9.17) is 4.74 Å². The smallest absolute Gasteiger partial charge is 0.232 e. The van der Waals surface area contributed by atoms with E-state index >= 15 is 0 Å². The third-order valence-corrected chi connectivity index (χ3v) is 4.25. The number of Topliss-reactive ketones (excluding diaryl/α,β-unsaturated/α-hetero) is 1. The second-order valence-electron chi connectivity index (χ2n) is 5.29. The summed E-state index contributed by atoms with van der Waals surface area (Å²) in [6.07, 6.45) is 1.36. The molecular weight excluding hydrogens is 302 g/mol. The van der Waals surface area contributed by atoms with Crippen LogP contribution in [0.4, 0.5) is 5.69 Å². The van der Waals surface area contributed by atoms with Crippen LogP contribution in [-0.2, 0) is 10.0 Å². The third-order valence-electron chi connectivity index (χ3n) is 2.89. The summed E-state index contributed by atoms with van der Waals surface area (Å²) in [6, 6.07) is 4.71. The lowest BCUT2D eigenvalue weighted by atomic mass is 10.1. The fourth-order valence-corrected chi connectivity index (χ4v) is 2.97. The van der Waals surface area contributed by atoms with Gasteiger partial charge in [-0.3, -0.25) is 9.52 Å². The second-order valence-corrected chi connectivity index (χ2v) is 7.13. The molecule has 1 rings (SSSR count). The zero-order valence-electron chi connectivity index (χ0n) is 13.3. The van der Waals surface area contributed by atoms with Crippen LogP contribution < -0.4 is 9.46 Å². The minimum Gasteiger partial charge on any atom is -0.487 e. The minimum atomic E-state index is -3.46. The predicted molar refractivity (Wildman–Crippen MR) is 89.1 cm³/mol. The highest BCUT2D eigenvalue weighted by molar-refractivity contribution is 7.92. The summed E-state index contributed by atoms with van der Waals surface area (Å²) in [7, 11) is -3.46. The van der Waals surface area contributed by atoms with E-state index in [1.807, 2.05) is 13.8 Å². The number of rotatable bonds is 9. The molecule has 0 bridgehead atoms. The number of hydrogen-bond acceptors (Lipinski definition) is 4. The van der Waals surface area contributed by atoms with Crippen molar-refractivity contribution < 1.29 is 17.9 Å². The molecular formula is C16H23NO4S. The standard InChI is InChI=1S/C16H23NO4S/c1-5-6-9-22(19,20)17-15-10-14(13(4)18)7-8-16(15)21-11-12(2)3/h7-8,10,17H,2,5-6,9,11H2,1,3-4H3. The monoisotopic (exact) mass is 325 g/mol. The van der Waals surface area contributed by atoms with Crippen molar-refractivity contribution in [3.05, 3.63) is 35.9 Å². The largest absolute Gasteiger partial charge is 0.487 e. The Morgan fingerprint density at radius 1 is 1.32 bits per heavy atom. The Balaban J connectivity index is 3.08. The number of nitrogens with one attached hydrogen (secondary N) is 1. The molecule has 1 aromatic rings. The summed E-state index contributed by atoms with van der Waals surface area (Å²) in [5.74, 6) is 0.279. The Kier molecular flexibility index (Phi) is 6.61. The molecule has 0 saturated carbocycles. The van der Waals surface area contributed by atoms with E-state index in [1.165, 1.54) is 13.0 Å². The van der Waals surface area contributed by atoms with Gasteiger partial charge in [0.15, 0.2) is 5.78 Å². The zero-order chi connectivity index (χ0) is 16.8. The number of carbonyl (C=O) groups is 1. The van der Waals surface area contributed by atoms with Crippen molar-refractivity contribution in [2.75, 3.05) is 17.1 Å². The molecule has 0 heterocycles. The molecule has 0 aromatic heterocycles. The van der Waals surface area contributed by atoms with Gasteiger partial charge in [-0.1, -0.05) is 19.9 Å². The summed E-state index contributed by atoms with van der Waals surface area (Å²) >= 11 is 0. The predicted octanol–water partition coefficient (Wildman–Crippen LogP) is 3.39. The Labute approximate surface area is 132 Å². The Morgan fingerprint density at radius 2 is 2.00 bits per heavy atom. The van der Waals surface area contributed by atoms with E-state index in [0.717, 1.165) is 12.0 Å². The lowest BCUT2D eigenvalue weighted by Gasteiger charge is -2.14. The lowest BCUT2D eigenvalue weighted by molar-refractivity contribution is 0.101. The Morgan fingerprint density at radius 3 is 2.55 bits per heavy atom. The number of ketones is 1. The quantitative estimate of drug-likeness (QED) is 0.558. The number of ether oxygens (including phenoxy) is 1. The fourth-order valence-electron chi connectivity index (χ4n) is 1.71. The SMILES string of the molecule is C=C(C)COc1ccc(C(C)=O)cc1NS(=O)(=O)CCCC. The van der Waals surface area contributed by atoms with E-state index in [0.29, 0.717) is 17.7 Å². The summed E-state index contributed by atoms with van der Waals surface area (Å²) in [6.45, 7) is 9.19. The Bertz CT molecular complexity index is 650. The highest BCUT2D eigenvalue weighted by atomic mass is 32.2. The van der Waals surface area contributed by atoms with Gasteiger partial charge in [-0.15, -0.1) is 0 Å². The van der Waals surface area contributed by atoms with E-state index < -0.39 is 10.0 Å². The van der Waals surface area contributed by atoms with Crippen molar-refractivity contribution in [3.63, 3.8) is 0 Å².